The highest BCUT2D eigenvalue weighted by Crippen LogP contribution is 2.46. The molecular formula is C7H11N3S. The molecule has 0 radical (unpaired) electrons. The molecule has 0 amide bonds. The highest BCUT2D eigenvalue weighted by Gasteiger charge is 2.37. The van der Waals surface area contributed by atoms with Crippen LogP contribution in [0.1, 0.15) is 19.8 Å². The fraction of sp³-hybridized carbons (Fsp3) is 0.714. The van der Waals surface area contributed by atoms with Crippen LogP contribution in [-0.4, -0.2) is 14.8 Å². The maximum atomic E-state index is 5.03. The van der Waals surface area contributed by atoms with E-state index in [1.165, 1.54) is 12.8 Å². The second-order valence-corrected chi connectivity index (χ2v) is 3.99. The summed E-state index contributed by atoms with van der Waals surface area (Å²) < 4.78 is 2.74. The van der Waals surface area contributed by atoms with E-state index < -0.39 is 0 Å². The number of nitrogens with one attached hydrogen (secondary N) is 1. The van der Waals surface area contributed by atoms with Gasteiger partial charge in [0, 0.05) is 6.54 Å². The molecule has 0 aromatic carbocycles. The fourth-order valence-electron chi connectivity index (χ4n) is 1.17. The minimum absolute atomic E-state index is 0.502. The van der Waals surface area contributed by atoms with Gasteiger partial charge in [-0.15, -0.1) is 0 Å². The van der Waals surface area contributed by atoms with Crippen LogP contribution in [0.5, 0.6) is 0 Å². The Morgan fingerprint density at radius 3 is 3.00 bits per heavy atom. The van der Waals surface area contributed by atoms with Crippen LogP contribution in [0.4, 0.5) is 0 Å². The molecule has 0 bridgehead atoms. The Balaban J connectivity index is 2.18. The van der Waals surface area contributed by atoms with Gasteiger partial charge >= 0.3 is 0 Å². The summed E-state index contributed by atoms with van der Waals surface area (Å²) in [5, 5.41) is 6.61. The Labute approximate surface area is 70.4 Å². The van der Waals surface area contributed by atoms with E-state index in [1.54, 1.807) is 6.33 Å². The van der Waals surface area contributed by atoms with Crippen LogP contribution in [0.3, 0.4) is 0 Å². The minimum Gasteiger partial charge on any atom is -0.306 e. The smallest absolute Gasteiger partial charge is 0.194 e. The molecule has 0 spiro atoms. The largest absolute Gasteiger partial charge is 0.306 e. The number of H-pyrrole nitrogens is 1. The maximum absolute atomic E-state index is 5.03. The molecule has 1 aliphatic rings. The molecule has 0 atom stereocenters. The second kappa shape index (κ2) is 2.17. The molecule has 0 unspecified atom stereocenters. The first kappa shape index (κ1) is 7.03. The Hall–Kier alpha value is -0.640. The Kier molecular flexibility index (Phi) is 1.39. The molecule has 4 heteroatoms. The van der Waals surface area contributed by atoms with Crippen LogP contribution >= 0.6 is 12.2 Å². The lowest BCUT2D eigenvalue weighted by Crippen LogP contribution is -2.06. The van der Waals surface area contributed by atoms with Crippen LogP contribution in [0.15, 0.2) is 6.33 Å². The Bertz CT molecular complexity index is 307. The third kappa shape index (κ3) is 1.35. The van der Waals surface area contributed by atoms with Gasteiger partial charge in [0.15, 0.2) is 4.77 Å². The van der Waals surface area contributed by atoms with Crippen molar-refractivity contribution in [1.82, 2.24) is 14.8 Å². The van der Waals surface area contributed by atoms with Gasteiger partial charge in [0.05, 0.1) is 0 Å². The maximum Gasteiger partial charge on any atom is 0.194 e. The zero-order valence-corrected chi connectivity index (χ0v) is 7.32. The second-order valence-electron chi connectivity index (χ2n) is 3.60. The third-order valence-corrected chi connectivity index (χ3v) is 2.60. The molecule has 11 heavy (non-hydrogen) atoms. The predicted molar refractivity (Wildman–Crippen MR) is 44.8 cm³/mol. The van der Waals surface area contributed by atoms with Gasteiger partial charge in [-0.25, -0.2) is 0 Å². The number of nitrogens with zero attached hydrogens (tertiary/aromatic N) is 2. The molecule has 0 saturated heterocycles. The molecular weight excluding hydrogens is 158 g/mol. The lowest BCUT2D eigenvalue weighted by molar-refractivity contribution is 0.460. The van der Waals surface area contributed by atoms with E-state index in [-0.39, 0.29) is 0 Å². The van der Waals surface area contributed by atoms with Crippen molar-refractivity contribution in [1.29, 1.82) is 0 Å². The van der Waals surface area contributed by atoms with E-state index in [0.717, 1.165) is 11.3 Å². The SMILES string of the molecule is CC1(Cn2cn[nH]c2=S)CC1. The lowest BCUT2D eigenvalue weighted by Gasteiger charge is -2.06. The van der Waals surface area contributed by atoms with E-state index in [2.05, 4.69) is 17.1 Å². The van der Waals surface area contributed by atoms with Crippen LogP contribution < -0.4 is 0 Å². The summed E-state index contributed by atoms with van der Waals surface area (Å²) in [5.74, 6) is 0. The summed E-state index contributed by atoms with van der Waals surface area (Å²) in [6.07, 6.45) is 4.41. The van der Waals surface area contributed by atoms with Gasteiger partial charge in [-0.05, 0) is 30.5 Å². The van der Waals surface area contributed by atoms with Gasteiger partial charge in [-0.3, -0.25) is 5.10 Å². The van der Waals surface area contributed by atoms with Gasteiger partial charge in [-0.1, -0.05) is 6.92 Å². The normalized spacial score (nSPS) is 20.1. The first-order chi connectivity index (χ1) is 5.20. The number of hydrogen-bond donors (Lipinski definition) is 1. The predicted octanol–water partition coefficient (Wildman–Crippen LogP) is 1.74. The Morgan fingerprint density at radius 1 is 1.82 bits per heavy atom. The average Bonchev–Trinajstić information content (AvgIpc) is 2.54. The molecule has 0 aliphatic heterocycles. The first-order valence-corrected chi connectivity index (χ1v) is 4.20. The van der Waals surface area contributed by atoms with Crippen LogP contribution in [0.25, 0.3) is 0 Å². The molecule has 1 fully saturated rings. The highest BCUT2D eigenvalue weighted by atomic mass is 32.1. The number of hydrogen-bond acceptors (Lipinski definition) is 2. The molecule has 1 aliphatic carbocycles. The van der Waals surface area contributed by atoms with Crippen molar-refractivity contribution in [2.24, 2.45) is 5.41 Å². The molecule has 1 saturated carbocycles. The number of aromatic nitrogens is 3. The van der Waals surface area contributed by atoms with E-state index in [9.17, 15) is 0 Å². The molecule has 1 aromatic heterocycles. The van der Waals surface area contributed by atoms with Crippen molar-refractivity contribution in [3.63, 3.8) is 0 Å². The van der Waals surface area contributed by atoms with E-state index >= 15 is 0 Å². The number of rotatable bonds is 2. The van der Waals surface area contributed by atoms with Gasteiger partial charge in [0.2, 0.25) is 0 Å². The van der Waals surface area contributed by atoms with E-state index in [0.29, 0.717) is 5.41 Å². The average molecular weight is 169 g/mol. The lowest BCUT2D eigenvalue weighted by atomic mass is 10.1. The molecule has 1 aromatic rings. The van der Waals surface area contributed by atoms with Gasteiger partial charge in [0.1, 0.15) is 6.33 Å². The summed E-state index contributed by atoms with van der Waals surface area (Å²) in [4.78, 5) is 0. The standard InChI is InChI=1S/C7H11N3S/c1-7(2-3-7)4-10-5-8-9-6(10)11/h5H,2-4H2,1H3,(H,9,11). The zero-order valence-electron chi connectivity index (χ0n) is 6.50. The molecule has 2 rings (SSSR count). The first-order valence-electron chi connectivity index (χ1n) is 3.79. The topological polar surface area (TPSA) is 33.6 Å². The molecule has 1 N–H and O–H groups in total. The fourth-order valence-corrected chi connectivity index (χ4v) is 1.33. The van der Waals surface area contributed by atoms with Gasteiger partial charge in [-0.2, -0.15) is 5.10 Å². The Morgan fingerprint density at radius 2 is 2.55 bits per heavy atom. The zero-order chi connectivity index (χ0) is 7.90. The summed E-state index contributed by atoms with van der Waals surface area (Å²) in [5.41, 5.74) is 0.502. The molecule has 3 nitrogen and oxygen atoms in total. The summed E-state index contributed by atoms with van der Waals surface area (Å²) >= 11 is 5.03. The molecule has 1 heterocycles. The van der Waals surface area contributed by atoms with Crippen LogP contribution in [-0.2, 0) is 6.54 Å². The third-order valence-electron chi connectivity index (χ3n) is 2.27. The summed E-state index contributed by atoms with van der Waals surface area (Å²) in [6, 6.07) is 0. The van der Waals surface area contributed by atoms with Crippen LogP contribution in [0.2, 0.25) is 0 Å². The van der Waals surface area contributed by atoms with E-state index in [1.807, 2.05) is 4.57 Å². The monoisotopic (exact) mass is 169 g/mol. The van der Waals surface area contributed by atoms with Crippen molar-refractivity contribution in [2.45, 2.75) is 26.3 Å². The van der Waals surface area contributed by atoms with Crippen molar-refractivity contribution >= 4 is 12.2 Å². The molecule has 60 valence electrons. The summed E-state index contributed by atoms with van der Waals surface area (Å²) in [7, 11) is 0. The quantitative estimate of drug-likeness (QED) is 0.684. The number of aromatic amines is 1. The van der Waals surface area contributed by atoms with Crippen LogP contribution in [0, 0.1) is 10.2 Å². The van der Waals surface area contributed by atoms with Gasteiger partial charge in [0.25, 0.3) is 0 Å². The summed E-state index contributed by atoms with van der Waals surface area (Å²) in [6.45, 7) is 3.30. The van der Waals surface area contributed by atoms with Crippen molar-refractivity contribution in [2.75, 3.05) is 0 Å². The van der Waals surface area contributed by atoms with Crippen molar-refractivity contribution < 1.29 is 0 Å². The van der Waals surface area contributed by atoms with Gasteiger partial charge < -0.3 is 4.57 Å². The van der Waals surface area contributed by atoms with Crippen molar-refractivity contribution in [3.8, 4) is 0 Å². The highest BCUT2D eigenvalue weighted by molar-refractivity contribution is 7.71. The van der Waals surface area contributed by atoms with E-state index in [4.69, 9.17) is 12.2 Å². The van der Waals surface area contributed by atoms with Crippen molar-refractivity contribution in [3.05, 3.63) is 11.1 Å². The minimum atomic E-state index is 0.502.